The lowest BCUT2D eigenvalue weighted by Crippen LogP contribution is -2.38. The van der Waals surface area contributed by atoms with Crippen molar-refractivity contribution in [1.29, 1.82) is 0 Å². The molecule has 0 bridgehead atoms. The Labute approximate surface area is 170 Å². The van der Waals surface area contributed by atoms with Gasteiger partial charge >= 0.3 is 0 Å². The van der Waals surface area contributed by atoms with Crippen LogP contribution in [-0.2, 0) is 0 Å². The average molecular weight is 391 g/mol. The summed E-state index contributed by atoms with van der Waals surface area (Å²) < 4.78 is 10.8. The average Bonchev–Trinajstić information content (AvgIpc) is 2.77. The summed E-state index contributed by atoms with van der Waals surface area (Å²) >= 11 is 0. The number of amides is 1. The number of likely N-dealkylation sites (tertiary alicyclic amines) is 1. The van der Waals surface area contributed by atoms with Crippen LogP contribution in [0, 0.1) is 6.92 Å². The molecule has 1 aromatic heterocycles. The number of methoxy groups -OCH3 is 2. The van der Waals surface area contributed by atoms with Gasteiger partial charge in [-0.3, -0.25) is 4.79 Å². The van der Waals surface area contributed by atoms with Crippen molar-refractivity contribution in [1.82, 2.24) is 14.9 Å². The third-order valence-electron chi connectivity index (χ3n) is 5.64. The maximum atomic E-state index is 12.8. The molecule has 0 unspecified atom stereocenters. The van der Waals surface area contributed by atoms with Crippen LogP contribution in [-0.4, -0.2) is 48.1 Å². The molecule has 2 aromatic carbocycles. The highest BCUT2D eigenvalue weighted by Crippen LogP contribution is 2.36. The zero-order valence-corrected chi connectivity index (χ0v) is 17.0. The fraction of sp³-hybridized carbons (Fsp3) is 0.348. The minimum absolute atomic E-state index is 0.0994. The van der Waals surface area contributed by atoms with Crippen LogP contribution in [0.3, 0.4) is 0 Å². The number of ether oxygens (including phenoxy) is 2. The Hall–Kier alpha value is -3.15. The summed E-state index contributed by atoms with van der Waals surface area (Å²) in [6, 6.07) is 11.6. The largest absolute Gasteiger partial charge is 0.493 e. The van der Waals surface area contributed by atoms with Gasteiger partial charge < -0.3 is 14.4 Å². The van der Waals surface area contributed by atoms with E-state index >= 15 is 0 Å². The number of benzene rings is 2. The first-order valence-corrected chi connectivity index (χ1v) is 9.83. The lowest BCUT2D eigenvalue weighted by Gasteiger charge is -2.32. The number of piperidine rings is 1. The van der Waals surface area contributed by atoms with Crippen LogP contribution in [0.15, 0.2) is 42.7 Å². The van der Waals surface area contributed by atoms with E-state index in [1.54, 1.807) is 20.5 Å². The number of aromatic nitrogens is 2. The Morgan fingerprint density at radius 2 is 1.66 bits per heavy atom. The zero-order valence-electron chi connectivity index (χ0n) is 17.0. The van der Waals surface area contributed by atoms with Crippen LogP contribution in [0.25, 0.3) is 10.9 Å². The molecule has 1 aliphatic heterocycles. The molecule has 0 radical (unpaired) electrons. The lowest BCUT2D eigenvalue weighted by atomic mass is 9.90. The smallest absolute Gasteiger partial charge is 0.253 e. The minimum atomic E-state index is 0.0994. The first-order valence-electron chi connectivity index (χ1n) is 9.83. The number of carbonyl (C=O) groups excluding carboxylic acids is 1. The summed E-state index contributed by atoms with van der Waals surface area (Å²) in [6.07, 6.45) is 3.35. The van der Waals surface area contributed by atoms with Gasteiger partial charge in [-0.25, -0.2) is 9.97 Å². The number of carbonyl (C=O) groups is 1. The number of hydrogen-bond acceptors (Lipinski definition) is 5. The topological polar surface area (TPSA) is 64.6 Å². The second kappa shape index (κ2) is 8.07. The van der Waals surface area contributed by atoms with E-state index in [-0.39, 0.29) is 11.8 Å². The molecule has 1 aliphatic rings. The minimum Gasteiger partial charge on any atom is -0.493 e. The predicted octanol–water partition coefficient (Wildman–Crippen LogP) is 3.98. The van der Waals surface area contributed by atoms with Crippen LogP contribution < -0.4 is 9.47 Å². The number of nitrogens with zero attached hydrogens (tertiary/aromatic N) is 3. The predicted molar refractivity (Wildman–Crippen MR) is 112 cm³/mol. The van der Waals surface area contributed by atoms with Crippen LogP contribution >= 0.6 is 0 Å². The van der Waals surface area contributed by atoms with Crippen LogP contribution in [0.4, 0.5) is 0 Å². The molecule has 4 rings (SSSR count). The summed E-state index contributed by atoms with van der Waals surface area (Å²) in [5, 5.41) is 0.980. The third-order valence-corrected chi connectivity index (χ3v) is 5.64. The monoisotopic (exact) mass is 391 g/mol. The van der Waals surface area contributed by atoms with Crippen molar-refractivity contribution in [2.45, 2.75) is 25.7 Å². The van der Waals surface area contributed by atoms with Gasteiger partial charge in [0.25, 0.3) is 5.91 Å². The molecule has 0 N–H and O–H groups in total. The fourth-order valence-corrected chi connectivity index (χ4v) is 3.96. The summed E-state index contributed by atoms with van der Waals surface area (Å²) in [5.74, 6) is 1.70. The van der Waals surface area contributed by atoms with Gasteiger partial charge in [-0.05, 0) is 38.0 Å². The third kappa shape index (κ3) is 3.75. The Morgan fingerprint density at radius 1 is 1.00 bits per heavy atom. The molecular weight excluding hydrogens is 366 g/mol. The Bertz CT molecular complexity index is 1030. The van der Waals surface area contributed by atoms with E-state index in [0.717, 1.165) is 53.7 Å². The van der Waals surface area contributed by atoms with E-state index in [4.69, 9.17) is 9.47 Å². The quantitative estimate of drug-likeness (QED) is 0.673. The molecule has 0 saturated carbocycles. The van der Waals surface area contributed by atoms with Gasteiger partial charge in [0, 0.05) is 36.0 Å². The Balaban J connectivity index is 1.54. The van der Waals surface area contributed by atoms with E-state index in [2.05, 4.69) is 9.97 Å². The van der Waals surface area contributed by atoms with Crippen molar-refractivity contribution in [2.24, 2.45) is 0 Å². The standard InChI is InChI=1S/C23H25N3O3/c1-15-4-6-17(7-5-15)23(27)26-10-8-16(9-11-26)22-18-12-20(28-2)21(29-3)13-19(18)24-14-25-22/h4-7,12-14,16H,8-11H2,1-3H3. The van der Waals surface area contributed by atoms with Gasteiger partial charge in [0.05, 0.1) is 25.4 Å². The molecule has 2 heterocycles. The molecule has 0 spiro atoms. The lowest BCUT2D eigenvalue weighted by molar-refractivity contribution is 0.0712. The summed E-state index contributed by atoms with van der Waals surface area (Å²) in [5.41, 5.74) is 3.76. The van der Waals surface area contributed by atoms with E-state index in [1.165, 1.54) is 0 Å². The summed E-state index contributed by atoms with van der Waals surface area (Å²) in [4.78, 5) is 23.7. The number of aryl methyl sites for hydroxylation is 1. The van der Waals surface area contributed by atoms with E-state index < -0.39 is 0 Å². The van der Waals surface area contributed by atoms with Crippen molar-refractivity contribution < 1.29 is 14.3 Å². The van der Waals surface area contributed by atoms with Gasteiger partial charge in [-0.2, -0.15) is 0 Å². The van der Waals surface area contributed by atoms with Gasteiger partial charge in [-0.15, -0.1) is 0 Å². The fourth-order valence-electron chi connectivity index (χ4n) is 3.96. The highest BCUT2D eigenvalue weighted by molar-refractivity contribution is 5.94. The molecule has 6 heteroatoms. The highest BCUT2D eigenvalue weighted by Gasteiger charge is 2.27. The maximum Gasteiger partial charge on any atom is 0.253 e. The zero-order chi connectivity index (χ0) is 20.4. The molecule has 1 fully saturated rings. The number of rotatable bonds is 4. The van der Waals surface area contributed by atoms with Gasteiger partial charge in [-0.1, -0.05) is 17.7 Å². The molecule has 0 atom stereocenters. The summed E-state index contributed by atoms with van der Waals surface area (Å²) in [6.45, 7) is 3.46. The molecule has 1 saturated heterocycles. The molecule has 3 aromatic rings. The normalized spacial score (nSPS) is 14.8. The molecule has 1 amide bonds. The van der Waals surface area contributed by atoms with Gasteiger partial charge in [0.2, 0.25) is 0 Å². The van der Waals surface area contributed by atoms with E-state index in [1.807, 2.05) is 48.2 Å². The van der Waals surface area contributed by atoms with Crippen molar-refractivity contribution in [2.75, 3.05) is 27.3 Å². The second-order valence-corrected chi connectivity index (χ2v) is 7.42. The molecule has 0 aliphatic carbocycles. The van der Waals surface area contributed by atoms with Gasteiger partial charge in [0.1, 0.15) is 6.33 Å². The van der Waals surface area contributed by atoms with Crippen molar-refractivity contribution in [3.8, 4) is 11.5 Å². The van der Waals surface area contributed by atoms with Crippen molar-refractivity contribution in [3.05, 3.63) is 59.5 Å². The van der Waals surface area contributed by atoms with Crippen LogP contribution in [0.1, 0.15) is 40.4 Å². The van der Waals surface area contributed by atoms with Crippen molar-refractivity contribution >= 4 is 16.8 Å². The summed E-state index contributed by atoms with van der Waals surface area (Å²) in [7, 11) is 3.24. The number of fused-ring (bicyclic) bond motifs is 1. The SMILES string of the molecule is COc1cc2ncnc(C3CCN(C(=O)c4ccc(C)cc4)CC3)c2cc1OC. The second-order valence-electron chi connectivity index (χ2n) is 7.42. The van der Waals surface area contributed by atoms with Crippen molar-refractivity contribution in [3.63, 3.8) is 0 Å². The molecule has 150 valence electrons. The molecule has 29 heavy (non-hydrogen) atoms. The highest BCUT2D eigenvalue weighted by atomic mass is 16.5. The van der Waals surface area contributed by atoms with Gasteiger partial charge in [0.15, 0.2) is 11.5 Å². The first kappa shape index (κ1) is 19.2. The van der Waals surface area contributed by atoms with E-state index in [0.29, 0.717) is 11.5 Å². The first-order chi connectivity index (χ1) is 14.1. The Morgan fingerprint density at radius 3 is 2.31 bits per heavy atom. The van der Waals surface area contributed by atoms with Crippen LogP contribution in [0.2, 0.25) is 0 Å². The Kier molecular flexibility index (Phi) is 5.34. The number of hydrogen-bond donors (Lipinski definition) is 0. The van der Waals surface area contributed by atoms with E-state index in [9.17, 15) is 4.79 Å². The van der Waals surface area contributed by atoms with Crippen LogP contribution in [0.5, 0.6) is 11.5 Å². The maximum absolute atomic E-state index is 12.8. The molecular formula is C23H25N3O3. The molecule has 6 nitrogen and oxygen atoms in total.